The Morgan fingerprint density at radius 1 is 1.05 bits per heavy atom. The lowest BCUT2D eigenvalue weighted by molar-refractivity contribution is -0.130. The first-order valence-electron chi connectivity index (χ1n) is 7.60. The zero-order chi connectivity index (χ0) is 15.8. The average molecular weight is 290 g/mol. The van der Waals surface area contributed by atoms with Gasteiger partial charge in [-0.05, 0) is 24.8 Å². The number of nitrogens with one attached hydrogen (secondary N) is 2. The van der Waals surface area contributed by atoms with Crippen molar-refractivity contribution in [2.45, 2.75) is 52.6 Å². The van der Waals surface area contributed by atoms with Crippen molar-refractivity contribution in [3.05, 3.63) is 35.9 Å². The Balaban J connectivity index is 2.67. The third kappa shape index (κ3) is 5.58. The third-order valence-corrected chi connectivity index (χ3v) is 3.40. The molecule has 2 unspecified atom stereocenters. The smallest absolute Gasteiger partial charge is 0.243 e. The van der Waals surface area contributed by atoms with E-state index in [4.69, 9.17) is 0 Å². The van der Waals surface area contributed by atoms with Gasteiger partial charge in [0.05, 0.1) is 6.04 Å². The number of rotatable bonds is 7. The van der Waals surface area contributed by atoms with Crippen LogP contribution in [0.3, 0.4) is 0 Å². The summed E-state index contributed by atoms with van der Waals surface area (Å²) in [6.45, 7) is 7.76. The fourth-order valence-corrected chi connectivity index (χ4v) is 2.14. The highest BCUT2D eigenvalue weighted by molar-refractivity contribution is 5.88. The molecule has 0 aromatic heterocycles. The molecule has 1 aromatic rings. The fraction of sp³-hybridized carbons (Fsp3) is 0.529. The Bertz CT molecular complexity index is 457. The molecule has 21 heavy (non-hydrogen) atoms. The van der Waals surface area contributed by atoms with E-state index < -0.39 is 6.04 Å². The van der Waals surface area contributed by atoms with Crippen LogP contribution in [0.15, 0.2) is 30.3 Å². The molecule has 0 fully saturated rings. The molecule has 1 rings (SSSR count). The van der Waals surface area contributed by atoms with Gasteiger partial charge in [0.25, 0.3) is 0 Å². The first-order chi connectivity index (χ1) is 9.95. The number of benzene rings is 1. The van der Waals surface area contributed by atoms with Crippen LogP contribution in [0.1, 0.15) is 52.1 Å². The Morgan fingerprint density at radius 3 is 2.19 bits per heavy atom. The van der Waals surface area contributed by atoms with Crippen LogP contribution in [0.25, 0.3) is 0 Å². The van der Waals surface area contributed by atoms with E-state index in [1.807, 2.05) is 58.0 Å². The standard InChI is InChI=1S/C17H26N2O2/c1-5-9-15(20)19-16(12(2)3)17(21)18-13(4)14-10-7-6-8-11-14/h6-8,10-13,16H,5,9H2,1-4H3,(H,18,21)(H,19,20). The number of carbonyl (C=O) groups is 2. The zero-order valence-electron chi connectivity index (χ0n) is 13.3. The van der Waals surface area contributed by atoms with E-state index >= 15 is 0 Å². The van der Waals surface area contributed by atoms with E-state index in [-0.39, 0.29) is 23.8 Å². The topological polar surface area (TPSA) is 58.2 Å². The molecule has 2 amide bonds. The van der Waals surface area contributed by atoms with E-state index in [0.29, 0.717) is 6.42 Å². The van der Waals surface area contributed by atoms with Crippen molar-refractivity contribution in [1.82, 2.24) is 10.6 Å². The summed E-state index contributed by atoms with van der Waals surface area (Å²) in [7, 11) is 0. The number of amides is 2. The van der Waals surface area contributed by atoms with Gasteiger partial charge in [-0.1, -0.05) is 51.1 Å². The largest absolute Gasteiger partial charge is 0.348 e. The van der Waals surface area contributed by atoms with Gasteiger partial charge in [0.2, 0.25) is 11.8 Å². The lowest BCUT2D eigenvalue weighted by Crippen LogP contribution is -2.50. The third-order valence-electron chi connectivity index (χ3n) is 3.40. The van der Waals surface area contributed by atoms with Gasteiger partial charge in [0.1, 0.15) is 6.04 Å². The van der Waals surface area contributed by atoms with Crippen molar-refractivity contribution in [1.29, 1.82) is 0 Å². The van der Waals surface area contributed by atoms with Crippen molar-refractivity contribution in [3.63, 3.8) is 0 Å². The molecule has 0 saturated heterocycles. The van der Waals surface area contributed by atoms with Gasteiger partial charge in [-0.3, -0.25) is 9.59 Å². The van der Waals surface area contributed by atoms with Crippen LogP contribution in [0.5, 0.6) is 0 Å². The minimum Gasteiger partial charge on any atom is -0.348 e. The van der Waals surface area contributed by atoms with Crippen LogP contribution in [0.4, 0.5) is 0 Å². The molecule has 0 radical (unpaired) electrons. The van der Waals surface area contributed by atoms with Crippen LogP contribution in [0.2, 0.25) is 0 Å². The predicted octanol–water partition coefficient (Wildman–Crippen LogP) is 2.80. The molecule has 0 aliphatic heterocycles. The van der Waals surface area contributed by atoms with E-state index in [9.17, 15) is 9.59 Å². The predicted molar refractivity (Wildman–Crippen MR) is 84.7 cm³/mol. The SMILES string of the molecule is CCCC(=O)NC(C(=O)NC(C)c1ccccc1)C(C)C. The van der Waals surface area contributed by atoms with Crippen LogP contribution in [-0.4, -0.2) is 17.9 Å². The highest BCUT2D eigenvalue weighted by Gasteiger charge is 2.25. The second-order valence-electron chi connectivity index (χ2n) is 5.68. The highest BCUT2D eigenvalue weighted by Crippen LogP contribution is 2.12. The molecule has 2 N–H and O–H groups in total. The highest BCUT2D eigenvalue weighted by atomic mass is 16.2. The molecule has 0 heterocycles. The van der Waals surface area contributed by atoms with Gasteiger partial charge >= 0.3 is 0 Å². The van der Waals surface area contributed by atoms with E-state index in [0.717, 1.165) is 12.0 Å². The summed E-state index contributed by atoms with van der Waals surface area (Å²) in [5.41, 5.74) is 1.05. The minimum atomic E-state index is -0.491. The van der Waals surface area contributed by atoms with Crippen molar-refractivity contribution in [2.24, 2.45) is 5.92 Å². The second-order valence-corrected chi connectivity index (χ2v) is 5.68. The molecule has 4 nitrogen and oxygen atoms in total. The summed E-state index contributed by atoms with van der Waals surface area (Å²) >= 11 is 0. The van der Waals surface area contributed by atoms with Crippen molar-refractivity contribution in [2.75, 3.05) is 0 Å². The van der Waals surface area contributed by atoms with Crippen LogP contribution in [0, 0.1) is 5.92 Å². The lowest BCUT2D eigenvalue weighted by atomic mass is 10.0. The second kappa shape index (κ2) is 8.45. The minimum absolute atomic E-state index is 0.0498. The molecule has 0 saturated carbocycles. The Hall–Kier alpha value is -1.84. The molecule has 0 spiro atoms. The van der Waals surface area contributed by atoms with Crippen molar-refractivity contribution in [3.8, 4) is 0 Å². The summed E-state index contributed by atoms with van der Waals surface area (Å²) in [6, 6.07) is 9.22. The maximum absolute atomic E-state index is 12.4. The van der Waals surface area contributed by atoms with Gasteiger partial charge in [0, 0.05) is 6.42 Å². The molecule has 1 aromatic carbocycles. The van der Waals surface area contributed by atoms with Gasteiger partial charge in [-0.25, -0.2) is 0 Å². The monoisotopic (exact) mass is 290 g/mol. The van der Waals surface area contributed by atoms with Gasteiger partial charge < -0.3 is 10.6 Å². The summed E-state index contributed by atoms with van der Waals surface area (Å²) in [4.78, 5) is 24.1. The molecule has 0 aliphatic rings. The van der Waals surface area contributed by atoms with Crippen molar-refractivity contribution >= 4 is 11.8 Å². The number of hydrogen-bond donors (Lipinski definition) is 2. The average Bonchev–Trinajstić information content (AvgIpc) is 2.45. The molecule has 116 valence electrons. The number of carbonyl (C=O) groups excluding carboxylic acids is 2. The van der Waals surface area contributed by atoms with Crippen LogP contribution < -0.4 is 10.6 Å². The fourth-order valence-electron chi connectivity index (χ4n) is 2.14. The summed E-state index contributed by atoms with van der Waals surface area (Å²) in [6.07, 6.45) is 1.23. The van der Waals surface area contributed by atoms with Gasteiger partial charge in [-0.15, -0.1) is 0 Å². The van der Waals surface area contributed by atoms with Crippen LogP contribution in [-0.2, 0) is 9.59 Å². The quantitative estimate of drug-likeness (QED) is 0.811. The lowest BCUT2D eigenvalue weighted by Gasteiger charge is -2.24. The molecule has 2 atom stereocenters. The summed E-state index contributed by atoms with van der Waals surface area (Å²) < 4.78 is 0. The number of hydrogen-bond acceptors (Lipinski definition) is 2. The molecular formula is C17H26N2O2. The van der Waals surface area contributed by atoms with E-state index in [1.54, 1.807) is 0 Å². The van der Waals surface area contributed by atoms with Gasteiger partial charge in [0.15, 0.2) is 0 Å². The van der Waals surface area contributed by atoms with Crippen molar-refractivity contribution < 1.29 is 9.59 Å². The Morgan fingerprint density at radius 2 is 1.67 bits per heavy atom. The first kappa shape index (κ1) is 17.2. The zero-order valence-corrected chi connectivity index (χ0v) is 13.3. The molecule has 4 heteroatoms. The molecule has 0 aliphatic carbocycles. The maximum Gasteiger partial charge on any atom is 0.243 e. The first-order valence-corrected chi connectivity index (χ1v) is 7.60. The van der Waals surface area contributed by atoms with E-state index in [1.165, 1.54) is 0 Å². The van der Waals surface area contributed by atoms with Crippen LogP contribution >= 0.6 is 0 Å². The molecule has 0 bridgehead atoms. The van der Waals surface area contributed by atoms with E-state index in [2.05, 4.69) is 10.6 Å². The summed E-state index contributed by atoms with van der Waals surface area (Å²) in [5, 5.41) is 5.79. The summed E-state index contributed by atoms with van der Waals surface area (Å²) in [5.74, 6) is -0.154. The normalized spacial score (nSPS) is 13.6. The Labute approximate surface area is 127 Å². The van der Waals surface area contributed by atoms with Gasteiger partial charge in [-0.2, -0.15) is 0 Å². The Kier molecular flexibility index (Phi) is 6.92. The maximum atomic E-state index is 12.4. The molecular weight excluding hydrogens is 264 g/mol.